The number of amides is 2. The Balaban J connectivity index is 1.61. The van der Waals surface area contributed by atoms with Crippen molar-refractivity contribution in [2.45, 2.75) is 19.8 Å². The standard InChI is InChI=1S/C21H24FN3O3/c1-14-5-10-18(20(27)24(14)2)21(28)25-11-3-4-15(13-25)12-23-19(26)16-6-8-17(22)9-7-16/h5-10,15H,3-4,11-13H2,1-2H3,(H,23,26). The van der Waals surface area contributed by atoms with E-state index in [0.717, 1.165) is 18.5 Å². The highest BCUT2D eigenvalue weighted by Crippen LogP contribution is 2.18. The maximum Gasteiger partial charge on any atom is 0.263 e. The second-order valence-electron chi connectivity index (χ2n) is 7.23. The van der Waals surface area contributed by atoms with Gasteiger partial charge in [0.1, 0.15) is 11.4 Å². The van der Waals surface area contributed by atoms with Crippen LogP contribution in [-0.4, -0.2) is 40.9 Å². The second-order valence-corrected chi connectivity index (χ2v) is 7.23. The van der Waals surface area contributed by atoms with E-state index in [2.05, 4.69) is 5.32 Å². The number of nitrogens with zero attached hydrogens (tertiary/aromatic N) is 2. The van der Waals surface area contributed by atoms with Gasteiger partial charge in [0.25, 0.3) is 17.4 Å². The molecule has 1 aromatic carbocycles. The maximum atomic E-state index is 13.0. The quantitative estimate of drug-likeness (QED) is 0.876. The summed E-state index contributed by atoms with van der Waals surface area (Å²) in [5.74, 6) is -0.817. The van der Waals surface area contributed by atoms with E-state index in [9.17, 15) is 18.8 Å². The van der Waals surface area contributed by atoms with Crippen molar-refractivity contribution >= 4 is 11.8 Å². The lowest BCUT2D eigenvalue weighted by Gasteiger charge is -2.33. The molecule has 1 aliphatic heterocycles. The summed E-state index contributed by atoms with van der Waals surface area (Å²) < 4.78 is 14.4. The number of carbonyl (C=O) groups is 2. The zero-order valence-corrected chi connectivity index (χ0v) is 16.1. The molecular weight excluding hydrogens is 361 g/mol. The number of pyridine rings is 1. The molecule has 148 valence electrons. The molecule has 2 amide bonds. The molecule has 2 heterocycles. The molecule has 3 rings (SSSR count). The van der Waals surface area contributed by atoms with Crippen LogP contribution in [0.4, 0.5) is 4.39 Å². The predicted octanol–water partition coefficient (Wildman–Crippen LogP) is 2.12. The van der Waals surface area contributed by atoms with Gasteiger partial charge in [0.05, 0.1) is 0 Å². The summed E-state index contributed by atoms with van der Waals surface area (Å²) in [6.45, 7) is 3.32. The summed E-state index contributed by atoms with van der Waals surface area (Å²) >= 11 is 0. The summed E-state index contributed by atoms with van der Waals surface area (Å²) in [4.78, 5) is 39.1. The van der Waals surface area contributed by atoms with Gasteiger partial charge in [-0.2, -0.15) is 0 Å². The third kappa shape index (κ3) is 4.30. The number of piperidine rings is 1. The summed E-state index contributed by atoms with van der Waals surface area (Å²) in [5.41, 5.74) is 1.07. The fraction of sp³-hybridized carbons (Fsp3) is 0.381. The van der Waals surface area contributed by atoms with E-state index < -0.39 is 0 Å². The van der Waals surface area contributed by atoms with Gasteiger partial charge in [-0.3, -0.25) is 14.4 Å². The minimum Gasteiger partial charge on any atom is -0.352 e. The minimum atomic E-state index is -0.389. The molecular formula is C21H24FN3O3. The van der Waals surface area contributed by atoms with Crippen molar-refractivity contribution in [3.63, 3.8) is 0 Å². The van der Waals surface area contributed by atoms with Crippen molar-refractivity contribution < 1.29 is 14.0 Å². The van der Waals surface area contributed by atoms with Crippen molar-refractivity contribution in [3.05, 3.63) is 69.4 Å². The highest BCUT2D eigenvalue weighted by atomic mass is 19.1. The lowest BCUT2D eigenvalue weighted by atomic mass is 9.97. The third-order valence-electron chi connectivity index (χ3n) is 5.25. The lowest BCUT2D eigenvalue weighted by molar-refractivity contribution is 0.0668. The van der Waals surface area contributed by atoms with Gasteiger partial charge in [0, 0.05) is 37.9 Å². The van der Waals surface area contributed by atoms with Gasteiger partial charge in [-0.1, -0.05) is 0 Å². The molecule has 0 aliphatic carbocycles. The number of rotatable bonds is 4. The van der Waals surface area contributed by atoms with E-state index in [1.54, 1.807) is 24.1 Å². The molecule has 7 heteroatoms. The van der Waals surface area contributed by atoms with Crippen LogP contribution < -0.4 is 10.9 Å². The first-order valence-electron chi connectivity index (χ1n) is 9.36. The van der Waals surface area contributed by atoms with Crippen molar-refractivity contribution in [2.75, 3.05) is 19.6 Å². The summed E-state index contributed by atoms with van der Waals surface area (Å²) in [5, 5.41) is 2.85. The van der Waals surface area contributed by atoms with Gasteiger partial charge in [-0.05, 0) is 62.1 Å². The zero-order chi connectivity index (χ0) is 20.3. The number of benzene rings is 1. The predicted molar refractivity (Wildman–Crippen MR) is 104 cm³/mol. The van der Waals surface area contributed by atoms with Crippen LogP contribution in [0, 0.1) is 18.7 Å². The number of aromatic nitrogens is 1. The van der Waals surface area contributed by atoms with Crippen LogP contribution in [0.25, 0.3) is 0 Å². The second kappa shape index (κ2) is 8.37. The van der Waals surface area contributed by atoms with Crippen LogP contribution in [0.1, 0.15) is 39.3 Å². The molecule has 0 spiro atoms. The molecule has 1 aromatic heterocycles. The number of carbonyl (C=O) groups excluding carboxylic acids is 2. The Morgan fingerprint density at radius 1 is 1.18 bits per heavy atom. The molecule has 1 fully saturated rings. The molecule has 1 aliphatic rings. The van der Waals surface area contributed by atoms with Crippen LogP contribution in [0.2, 0.25) is 0 Å². The molecule has 0 bridgehead atoms. The lowest BCUT2D eigenvalue weighted by Crippen LogP contribution is -2.45. The first-order valence-corrected chi connectivity index (χ1v) is 9.36. The van der Waals surface area contributed by atoms with E-state index in [-0.39, 0.29) is 34.7 Å². The number of likely N-dealkylation sites (tertiary alicyclic amines) is 1. The van der Waals surface area contributed by atoms with E-state index in [1.807, 2.05) is 6.92 Å². The molecule has 0 radical (unpaired) electrons. The Morgan fingerprint density at radius 3 is 2.61 bits per heavy atom. The Hall–Kier alpha value is -2.96. The number of aryl methyl sites for hydroxylation is 1. The van der Waals surface area contributed by atoms with Crippen LogP contribution in [-0.2, 0) is 7.05 Å². The Morgan fingerprint density at radius 2 is 1.89 bits per heavy atom. The summed E-state index contributed by atoms with van der Waals surface area (Å²) in [6.07, 6.45) is 1.70. The molecule has 1 unspecified atom stereocenters. The topological polar surface area (TPSA) is 71.4 Å². The highest BCUT2D eigenvalue weighted by molar-refractivity contribution is 5.94. The van der Waals surface area contributed by atoms with Crippen molar-refractivity contribution in [3.8, 4) is 0 Å². The van der Waals surface area contributed by atoms with Crippen LogP contribution in [0.15, 0.2) is 41.2 Å². The van der Waals surface area contributed by atoms with E-state index in [1.165, 1.54) is 28.8 Å². The number of hydrogen-bond donors (Lipinski definition) is 1. The van der Waals surface area contributed by atoms with Gasteiger partial charge in [0.2, 0.25) is 0 Å². The number of hydrogen-bond acceptors (Lipinski definition) is 3. The monoisotopic (exact) mass is 385 g/mol. The van der Waals surface area contributed by atoms with Crippen LogP contribution in [0.3, 0.4) is 0 Å². The molecule has 1 saturated heterocycles. The Labute approximate surface area is 163 Å². The highest BCUT2D eigenvalue weighted by Gasteiger charge is 2.26. The average molecular weight is 385 g/mol. The van der Waals surface area contributed by atoms with Crippen molar-refractivity contribution in [1.29, 1.82) is 0 Å². The van der Waals surface area contributed by atoms with Gasteiger partial charge >= 0.3 is 0 Å². The largest absolute Gasteiger partial charge is 0.352 e. The fourth-order valence-corrected chi connectivity index (χ4v) is 3.42. The molecule has 1 N–H and O–H groups in total. The van der Waals surface area contributed by atoms with E-state index in [4.69, 9.17) is 0 Å². The van der Waals surface area contributed by atoms with Gasteiger partial charge in [-0.15, -0.1) is 0 Å². The summed E-state index contributed by atoms with van der Waals surface area (Å²) in [7, 11) is 1.65. The molecule has 1 atom stereocenters. The number of nitrogens with one attached hydrogen (secondary N) is 1. The van der Waals surface area contributed by atoms with E-state index >= 15 is 0 Å². The van der Waals surface area contributed by atoms with E-state index in [0.29, 0.717) is 25.2 Å². The fourth-order valence-electron chi connectivity index (χ4n) is 3.42. The Bertz CT molecular complexity index is 937. The van der Waals surface area contributed by atoms with Crippen molar-refractivity contribution in [1.82, 2.24) is 14.8 Å². The first kappa shape index (κ1) is 19.8. The molecule has 2 aromatic rings. The van der Waals surface area contributed by atoms with Gasteiger partial charge < -0.3 is 14.8 Å². The summed E-state index contributed by atoms with van der Waals surface area (Å²) in [6, 6.07) is 8.72. The SMILES string of the molecule is Cc1ccc(C(=O)N2CCCC(CNC(=O)c3ccc(F)cc3)C2)c(=O)n1C. The normalized spacial score (nSPS) is 16.7. The minimum absolute atomic E-state index is 0.108. The van der Waals surface area contributed by atoms with Crippen LogP contribution in [0.5, 0.6) is 0 Å². The molecule has 0 saturated carbocycles. The zero-order valence-electron chi connectivity index (χ0n) is 16.1. The van der Waals surface area contributed by atoms with Crippen molar-refractivity contribution in [2.24, 2.45) is 13.0 Å². The number of halogens is 1. The smallest absolute Gasteiger partial charge is 0.263 e. The average Bonchev–Trinajstić information content (AvgIpc) is 2.70. The third-order valence-corrected chi connectivity index (χ3v) is 5.25. The molecule has 28 heavy (non-hydrogen) atoms. The van der Waals surface area contributed by atoms with Gasteiger partial charge in [-0.25, -0.2) is 4.39 Å². The van der Waals surface area contributed by atoms with Crippen LogP contribution >= 0.6 is 0 Å². The first-order chi connectivity index (χ1) is 13.4. The molecule has 6 nitrogen and oxygen atoms in total. The Kier molecular flexibility index (Phi) is 5.92. The van der Waals surface area contributed by atoms with Gasteiger partial charge in [0.15, 0.2) is 0 Å². The maximum absolute atomic E-state index is 13.0.